The topological polar surface area (TPSA) is 96.5 Å². The van der Waals surface area contributed by atoms with E-state index in [9.17, 15) is 9.18 Å². The van der Waals surface area contributed by atoms with Crippen molar-refractivity contribution in [1.29, 1.82) is 0 Å². The third kappa shape index (κ3) is 3.29. The van der Waals surface area contributed by atoms with Crippen molar-refractivity contribution < 1.29 is 9.18 Å². The third-order valence-electron chi connectivity index (χ3n) is 4.12. The lowest BCUT2D eigenvalue weighted by Crippen LogP contribution is -2.04. The van der Waals surface area contributed by atoms with Gasteiger partial charge in [0.15, 0.2) is 11.6 Å². The normalized spacial score (nSPS) is 11.0. The van der Waals surface area contributed by atoms with Crippen molar-refractivity contribution in [1.82, 2.24) is 24.9 Å². The molecular weight excluding hydrogens is 383 g/mol. The van der Waals surface area contributed by atoms with Crippen LogP contribution in [0.1, 0.15) is 23.8 Å². The van der Waals surface area contributed by atoms with Crippen LogP contribution in [0.3, 0.4) is 0 Å². The molecule has 0 bridgehead atoms. The molecule has 7 nitrogen and oxygen atoms in total. The molecule has 0 saturated carbocycles. The van der Waals surface area contributed by atoms with Gasteiger partial charge >= 0.3 is 0 Å². The number of hydrogen-bond acceptors (Lipinski definition) is 6. The summed E-state index contributed by atoms with van der Waals surface area (Å²) < 4.78 is 14.2. The fourth-order valence-electron chi connectivity index (χ4n) is 2.75. The Bertz CT molecular complexity index is 1170. The second-order valence-electron chi connectivity index (χ2n) is 5.93. The van der Waals surface area contributed by atoms with Crippen LogP contribution in [0.5, 0.6) is 0 Å². The van der Waals surface area contributed by atoms with Gasteiger partial charge in [-0.3, -0.25) is 4.79 Å². The van der Waals surface area contributed by atoms with Crippen LogP contribution in [0, 0.1) is 5.82 Å². The molecule has 28 heavy (non-hydrogen) atoms. The number of carbonyl (C=O) groups excluding carboxylic acids is 1. The van der Waals surface area contributed by atoms with Crippen molar-refractivity contribution in [2.24, 2.45) is 0 Å². The second kappa shape index (κ2) is 7.32. The first-order valence-corrected chi connectivity index (χ1v) is 8.86. The monoisotopic (exact) mass is 396 g/mol. The van der Waals surface area contributed by atoms with Crippen molar-refractivity contribution in [3.63, 3.8) is 0 Å². The number of aromatic nitrogens is 5. The number of carbonyl (C=O) groups is 1. The predicted molar refractivity (Wildman–Crippen MR) is 104 cm³/mol. The number of fused-ring (bicyclic) bond motifs is 1. The number of rotatable bonds is 5. The van der Waals surface area contributed by atoms with Gasteiger partial charge in [-0.05, 0) is 18.2 Å². The summed E-state index contributed by atoms with van der Waals surface area (Å²) in [7, 11) is 0. The summed E-state index contributed by atoms with van der Waals surface area (Å²) in [6, 6.07) is 7.71. The maximum atomic E-state index is 14.2. The molecule has 1 aromatic carbocycles. The molecule has 0 atom stereocenters. The minimum atomic E-state index is -0.479. The number of ketones is 1. The fourth-order valence-corrected chi connectivity index (χ4v) is 3.00. The molecular formula is C19H14ClFN6O. The van der Waals surface area contributed by atoms with Crippen molar-refractivity contribution in [2.75, 3.05) is 5.32 Å². The molecule has 0 spiro atoms. The van der Waals surface area contributed by atoms with E-state index in [2.05, 4.69) is 30.2 Å². The van der Waals surface area contributed by atoms with Crippen molar-refractivity contribution in [3.05, 3.63) is 59.4 Å². The molecule has 0 radical (unpaired) electrons. The van der Waals surface area contributed by atoms with Gasteiger partial charge in [-0.1, -0.05) is 24.6 Å². The molecule has 0 amide bonds. The molecule has 0 aliphatic heterocycles. The van der Waals surface area contributed by atoms with Crippen molar-refractivity contribution in [2.45, 2.75) is 13.3 Å². The smallest absolute Gasteiger partial charge is 0.181 e. The maximum Gasteiger partial charge on any atom is 0.181 e. The zero-order chi connectivity index (χ0) is 19.7. The van der Waals surface area contributed by atoms with E-state index in [1.807, 2.05) is 0 Å². The largest absolute Gasteiger partial charge is 0.338 e. The van der Waals surface area contributed by atoms with Crippen LogP contribution in [0.25, 0.3) is 22.4 Å². The van der Waals surface area contributed by atoms with Gasteiger partial charge in [0.25, 0.3) is 0 Å². The van der Waals surface area contributed by atoms with E-state index < -0.39 is 5.82 Å². The molecule has 0 unspecified atom stereocenters. The van der Waals surface area contributed by atoms with E-state index in [1.165, 1.54) is 18.5 Å². The number of nitrogens with zero attached hydrogens (tertiary/aromatic N) is 4. The van der Waals surface area contributed by atoms with E-state index in [0.29, 0.717) is 40.6 Å². The van der Waals surface area contributed by atoms with Gasteiger partial charge in [-0.25, -0.2) is 24.3 Å². The number of halogens is 2. The Morgan fingerprint density at radius 1 is 1.25 bits per heavy atom. The number of hydrogen-bond donors (Lipinski definition) is 2. The molecule has 2 N–H and O–H groups in total. The Hall–Kier alpha value is -3.39. The summed E-state index contributed by atoms with van der Waals surface area (Å²) in [6.07, 6.45) is 3.23. The Morgan fingerprint density at radius 2 is 2.11 bits per heavy atom. The quantitative estimate of drug-likeness (QED) is 0.480. The standard InChI is InChI=1S/C19H14ClFN6O/c1-2-14(28)13-8-15(24-9-23-13)26-19-17-12(6-7-22-19)25-18(27-17)16-10(20)4-3-5-11(16)21/h3-9H,2H2,1H3,(H,25,27)(H,22,23,24,26). The molecule has 0 aliphatic carbocycles. The molecule has 0 fully saturated rings. The van der Waals surface area contributed by atoms with Crippen LogP contribution in [-0.2, 0) is 0 Å². The lowest BCUT2D eigenvalue weighted by Gasteiger charge is -2.06. The highest BCUT2D eigenvalue weighted by Gasteiger charge is 2.16. The van der Waals surface area contributed by atoms with Crippen molar-refractivity contribution >= 4 is 40.1 Å². The van der Waals surface area contributed by atoms with E-state index in [1.54, 1.807) is 31.3 Å². The van der Waals surface area contributed by atoms with E-state index in [4.69, 9.17) is 11.6 Å². The zero-order valence-electron chi connectivity index (χ0n) is 14.7. The Kier molecular flexibility index (Phi) is 4.70. The first-order valence-electron chi connectivity index (χ1n) is 8.48. The first kappa shape index (κ1) is 18.0. The summed E-state index contributed by atoms with van der Waals surface area (Å²) in [5.74, 6) is 0.528. The minimum Gasteiger partial charge on any atom is -0.338 e. The molecule has 3 heterocycles. The van der Waals surface area contributed by atoms with Gasteiger partial charge in [0.05, 0.1) is 16.1 Å². The van der Waals surface area contributed by atoms with Gasteiger partial charge in [0.2, 0.25) is 0 Å². The summed E-state index contributed by atoms with van der Waals surface area (Å²) in [4.78, 5) is 31.7. The van der Waals surface area contributed by atoms with Gasteiger partial charge in [0.1, 0.15) is 35.0 Å². The fraction of sp³-hybridized carbons (Fsp3) is 0.105. The van der Waals surface area contributed by atoms with Crippen LogP contribution in [0.2, 0.25) is 5.02 Å². The highest BCUT2D eigenvalue weighted by atomic mass is 35.5. The van der Waals surface area contributed by atoms with Gasteiger partial charge in [-0.15, -0.1) is 0 Å². The number of H-pyrrole nitrogens is 1. The van der Waals surface area contributed by atoms with Crippen LogP contribution in [0.4, 0.5) is 16.0 Å². The number of benzene rings is 1. The number of nitrogens with one attached hydrogen (secondary N) is 2. The number of anilines is 2. The Balaban J connectivity index is 1.75. The minimum absolute atomic E-state index is 0.0899. The highest BCUT2D eigenvalue weighted by Crippen LogP contribution is 2.31. The predicted octanol–water partition coefficient (Wildman–Crippen LogP) is 4.54. The van der Waals surface area contributed by atoms with Crippen LogP contribution < -0.4 is 5.32 Å². The SMILES string of the molecule is CCC(=O)c1cc(Nc2nccc3[nH]c(-c4c(F)cccc4Cl)nc23)ncn1. The Morgan fingerprint density at radius 3 is 2.89 bits per heavy atom. The maximum absolute atomic E-state index is 14.2. The highest BCUT2D eigenvalue weighted by molar-refractivity contribution is 6.33. The number of pyridine rings is 1. The summed E-state index contributed by atoms with van der Waals surface area (Å²) >= 11 is 6.14. The van der Waals surface area contributed by atoms with E-state index >= 15 is 0 Å². The van der Waals surface area contributed by atoms with Gasteiger partial charge < -0.3 is 10.3 Å². The average Bonchev–Trinajstić information content (AvgIpc) is 3.12. The van der Waals surface area contributed by atoms with E-state index in [-0.39, 0.29) is 16.4 Å². The van der Waals surface area contributed by atoms with Crippen LogP contribution >= 0.6 is 11.6 Å². The lowest BCUT2D eigenvalue weighted by molar-refractivity contribution is 0.0983. The number of aromatic amines is 1. The number of Topliss-reactive ketones (excluding diaryl/α,β-unsaturated/α-hetero) is 1. The first-order chi connectivity index (χ1) is 13.6. The third-order valence-corrected chi connectivity index (χ3v) is 4.44. The van der Waals surface area contributed by atoms with Crippen LogP contribution in [-0.4, -0.2) is 30.7 Å². The molecule has 3 aromatic heterocycles. The van der Waals surface area contributed by atoms with Gasteiger partial charge in [-0.2, -0.15) is 0 Å². The average molecular weight is 397 g/mol. The summed E-state index contributed by atoms with van der Waals surface area (Å²) in [5, 5.41) is 3.29. The lowest BCUT2D eigenvalue weighted by atomic mass is 10.2. The number of imidazole rings is 1. The second-order valence-corrected chi connectivity index (χ2v) is 6.34. The molecule has 4 aromatic rings. The van der Waals surface area contributed by atoms with Crippen LogP contribution in [0.15, 0.2) is 42.9 Å². The van der Waals surface area contributed by atoms with Gasteiger partial charge in [0, 0.05) is 18.7 Å². The van der Waals surface area contributed by atoms with E-state index in [0.717, 1.165) is 0 Å². The summed E-state index contributed by atoms with van der Waals surface area (Å²) in [6.45, 7) is 1.76. The molecule has 0 saturated heterocycles. The summed E-state index contributed by atoms with van der Waals surface area (Å²) in [5.41, 5.74) is 1.63. The van der Waals surface area contributed by atoms with Crippen molar-refractivity contribution in [3.8, 4) is 11.4 Å². The molecule has 0 aliphatic rings. The molecule has 4 rings (SSSR count). The Labute approximate surface area is 164 Å². The zero-order valence-corrected chi connectivity index (χ0v) is 15.5. The molecule has 140 valence electrons. The molecule has 9 heteroatoms.